The average molecular weight is 364 g/mol. The largest absolute Gasteiger partial charge is 0.343 e. The second-order valence-electron chi connectivity index (χ2n) is 6.88. The van der Waals surface area contributed by atoms with E-state index >= 15 is 0 Å². The number of aromatic nitrogens is 6. The molecule has 2 atom stereocenters. The van der Waals surface area contributed by atoms with Crippen LogP contribution in [-0.2, 0) is 0 Å². The van der Waals surface area contributed by atoms with E-state index in [0.717, 1.165) is 40.6 Å². The molecule has 0 bridgehead atoms. The van der Waals surface area contributed by atoms with E-state index in [2.05, 4.69) is 16.9 Å². The molecule has 7 nitrogen and oxygen atoms in total. The van der Waals surface area contributed by atoms with Gasteiger partial charge in [0.2, 0.25) is 0 Å². The highest BCUT2D eigenvalue weighted by Crippen LogP contribution is 2.54. The molecule has 0 amide bonds. The van der Waals surface area contributed by atoms with E-state index in [9.17, 15) is 4.79 Å². The molecule has 1 fully saturated rings. The summed E-state index contributed by atoms with van der Waals surface area (Å²) in [5.74, 6) is 1.54. The van der Waals surface area contributed by atoms with Crippen molar-refractivity contribution in [2.75, 3.05) is 0 Å². The molecule has 1 aliphatic rings. The van der Waals surface area contributed by atoms with E-state index in [1.165, 1.54) is 5.69 Å². The van der Waals surface area contributed by atoms with Gasteiger partial charge in [-0.15, -0.1) is 0 Å². The topological polar surface area (TPSA) is 80.4 Å². The standard InChI is InChI=1S/C18H18N6O.C2H6/c1-9-8-19-10(2)18-21-17(22-24(9)18)14-7-13(14)16-11(3)23-5-4-12(25)6-15(23)20-16;1-2/h4-6,8,13-14,20H,7H2,1-3H3;1-2H3. The average Bonchev–Trinajstić information content (AvgIpc) is 3.20. The molecule has 7 heteroatoms. The van der Waals surface area contributed by atoms with E-state index < -0.39 is 0 Å². The number of imidazole rings is 1. The summed E-state index contributed by atoms with van der Waals surface area (Å²) < 4.78 is 3.91. The molecule has 4 aromatic heterocycles. The first-order chi connectivity index (χ1) is 13.0. The molecule has 4 aromatic rings. The predicted octanol–water partition coefficient (Wildman–Crippen LogP) is 3.29. The van der Waals surface area contributed by atoms with E-state index in [4.69, 9.17) is 10.1 Å². The Kier molecular flexibility index (Phi) is 4.09. The van der Waals surface area contributed by atoms with Crippen LogP contribution < -0.4 is 5.43 Å². The lowest BCUT2D eigenvalue weighted by Crippen LogP contribution is -1.98. The van der Waals surface area contributed by atoms with Gasteiger partial charge in [-0.3, -0.25) is 9.78 Å². The summed E-state index contributed by atoms with van der Waals surface area (Å²) >= 11 is 0. The van der Waals surface area contributed by atoms with Gasteiger partial charge in [0.15, 0.2) is 16.9 Å². The molecule has 1 saturated carbocycles. The normalized spacial score (nSPS) is 18.6. The van der Waals surface area contributed by atoms with Crippen LogP contribution in [0.3, 0.4) is 0 Å². The second-order valence-corrected chi connectivity index (χ2v) is 6.88. The molecule has 4 heterocycles. The van der Waals surface area contributed by atoms with Crippen molar-refractivity contribution in [3.8, 4) is 0 Å². The first-order valence-corrected chi connectivity index (χ1v) is 9.42. The molecule has 0 radical (unpaired) electrons. The maximum atomic E-state index is 11.6. The summed E-state index contributed by atoms with van der Waals surface area (Å²) in [5, 5.41) is 4.70. The quantitative estimate of drug-likeness (QED) is 0.592. The Morgan fingerprint density at radius 3 is 2.70 bits per heavy atom. The molecule has 27 heavy (non-hydrogen) atoms. The summed E-state index contributed by atoms with van der Waals surface area (Å²) in [5.41, 5.74) is 5.87. The number of rotatable bonds is 2. The van der Waals surface area contributed by atoms with Gasteiger partial charge in [-0.1, -0.05) is 13.8 Å². The van der Waals surface area contributed by atoms with Crippen molar-refractivity contribution < 1.29 is 0 Å². The van der Waals surface area contributed by atoms with E-state index in [1.54, 1.807) is 12.1 Å². The SMILES string of the molecule is CC.Cc1ncc(C)n2nc(C3CC3c3[nH]c4cc(=O)ccn4c3C)nc12. The van der Waals surface area contributed by atoms with Crippen molar-refractivity contribution in [2.24, 2.45) is 0 Å². The molecular formula is C20H24N6O. The summed E-state index contributed by atoms with van der Waals surface area (Å²) in [7, 11) is 0. The maximum absolute atomic E-state index is 11.6. The lowest BCUT2D eigenvalue weighted by molar-refractivity contribution is 0.827. The van der Waals surface area contributed by atoms with E-state index in [1.807, 2.05) is 49.0 Å². The van der Waals surface area contributed by atoms with Crippen molar-refractivity contribution in [3.05, 3.63) is 63.3 Å². The van der Waals surface area contributed by atoms with Crippen LogP contribution in [0.5, 0.6) is 0 Å². The number of H-pyrrole nitrogens is 1. The molecule has 1 N–H and O–H groups in total. The molecule has 2 unspecified atom stereocenters. The van der Waals surface area contributed by atoms with Crippen molar-refractivity contribution in [2.45, 2.75) is 52.9 Å². The highest BCUT2D eigenvalue weighted by Gasteiger charge is 2.44. The van der Waals surface area contributed by atoms with E-state index in [0.29, 0.717) is 11.8 Å². The predicted molar refractivity (Wildman–Crippen MR) is 104 cm³/mol. The van der Waals surface area contributed by atoms with Gasteiger partial charge in [-0.05, 0) is 27.2 Å². The number of aryl methyl sites for hydroxylation is 3. The fraction of sp³-hybridized carbons (Fsp3) is 0.400. The number of fused-ring (bicyclic) bond motifs is 2. The minimum atomic E-state index is 0.0145. The van der Waals surface area contributed by atoms with Gasteiger partial charge in [0, 0.05) is 47.8 Å². The first-order valence-electron chi connectivity index (χ1n) is 9.42. The minimum absolute atomic E-state index is 0.0145. The van der Waals surface area contributed by atoms with Gasteiger partial charge in [0.05, 0.1) is 11.4 Å². The van der Waals surface area contributed by atoms with Crippen molar-refractivity contribution in [1.29, 1.82) is 0 Å². The Balaban J connectivity index is 0.000000872. The van der Waals surface area contributed by atoms with Crippen LogP contribution in [0.1, 0.15) is 60.7 Å². The van der Waals surface area contributed by atoms with Crippen LogP contribution in [-0.4, -0.2) is 29.0 Å². The summed E-state index contributed by atoms with van der Waals surface area (Å²) in [6, 6.07) is 3.22. The smallest absolute Gasteiger partial charge is 0.183 e. The summed E-state index contributed by atoms with van der Waals surface area (Å²) in [6.07, 6.45) is 4.66. The highest BCUT2D eigenvalue weighted by atomic mass is 16.1. The number of nitrogens with zero attached hydrogens (tertiary/aromatic N) is 5. The van der Waals surface area contributed by atoms with Crippen LogP contribution in [0.4, 0.5) is 0 Å². The molecule has 0 spiro atoms. The lowest BCUT2D eigenvalue weighted by atomic mass is 10.2. The van der Waals surface area contributed by atoms with Crippen LogP contribution in [0.2, 0.25) is 0 Å². The van der Waals surface area contributed by atoms with Gasteiger partial charge in [0.25, 0.3) is 0 Å². The monoisotopic (exact) mass is 364 g/mol. The van der Waals surface area contributed by atoms with Gasteiger partial charge in [0.1, 0.15) is 5.65 Å². The maximum Gasteiger partial charge on any atom is 0.183 e. The number of pyridine rings is 1. The minimum Gasteiger partial charge on any atom is -0.343 e. The number of hydrogen-bond acceptors (Lipinski definition) is 4. The molecule has 0 aromatic carbocycles. The van der Waals surface area contributed by atoms with E-state index in [-0.39, 0.29) is 5.43 Å². The summed E-state index contributed by atoms with van der Waals surface area (Å²) in [4.78, 5) is 24.1. The zero-order valence-electron chi connectivity index (χ0n) is 16.3. The molecule has 0 aliphatic heterocycles. The van der Waals surface area contributed by atoms with Crippen LogP contribution in [0.15, 0.2) is 29.3 Å². The van der Waals surface area contributed by atoms with Gasteiger partial charge >= 0.3 is 0 Å². The third-order valence-electron chi connectivity index (χ3n) is 5.16. The van der Waals surface area contributed by atoms with Crippen LogP contribution in [0.25, 0.3) is 11.3 Å². The molecule has 5 rings (SSSR count). The third-order valence-corrected chi connectivity index (χ3v) is 5.16. The molecular weight excluding hydrogens is 340 g/mol. The van der Waals surface area contributed by atoms with Crippen molar-refractivity contribution >= 4 is 11.3 Å². The van der Waals surface area contributed by atoms with Gasteiger partial charge < -0.3 is 9.38 Å². The van der Waals surface area contributed by atoms with Crippen LogP contribution >= 0.6 is 0 Å². The Bertz CT molecular complexity index is 1160. The third kappa shape index (κ3) is 2.74. The van der Waals surface area contributed by atoms with Gasteiger partial charge in [-0.25, -0.2) is 9.50 Å². The zero-order chi connectivity index (χ0) is 19.3. The Hall–Kier alpha value is -2.96. The Morgan fingerprint density at radius 1 is 1.19 bits per heavy atom. The molecule has 140 valence electrons. The highest BCUT2D eigenvalue weighted by molar-refractivity contribution is 5.47. The fourth-order valence-corrected chi connectivity index (χ4v) is 3.66. The number of aromatic amines is 1. The lowest BCUT2D eigenvalue weighted by Gasteiger charge is -1.98. The second kappa shape index (κ2) is 6.33. The fourth-order valence-electron chi connectivity index (χ4n) is 3.66. The first kappa shape index (κ1) is 17.5. The van der Waals surface area contributed by atoms with Gasteiger partial charge in [-0.2, -0.15) is 5.10 Å². The van der Waals surface area contributed by atoms with Crippen molar-refractivity contribution in [1.82, 2.24) is 29.0 Å². The number of nitrogens with one attached hydrogen (secondary N) is 1. The van der Waals surface area contributed by atoms with Crippen LogP contribution in [0, 0.1) is 20.8 Å². The summed E-state index contributed by atoms with van der Waals surface area (Å²) in [6.45, 7) is 10.0. The molecule has 1 aliphatic carbocycles. The Morgan fingerprint density at radius 2 is 1.96 bits per heavy atom. The number of hydrogen-bond donors (Lipinski definition) is 1. The molecule has 0 saturated heterocycles. The van der Waals surface area contributed by atoms with Crippen molar-refractivity contribution in [3.63, 3.8) is 0 Å². The Labute approximate surface area is 157 Å². The zero-order valence-corrected chi connectivity index (χ0v) is 16.3.